The number of aromatic nitrogens is 1. The summed E-state index contributed by atoms with van der Waals surface area (Å²) in [5, 5.41) is 6.49. The number of hydrogen-bond donors (Lipinski definition) is 2. The second-order valence-corrected chi connectivity index (χ2v) is 4.69. The summed E-state index contributed by atoms with van der Waals surface area (Å²) in [5.41, 5.74) is 1.86. The monoisotopic (exact) mass is 305 g/mol. The van der Waals surface area contributed by atoms with Crippen LogP contribution in [-0.2, 0) is 4.74 Å². The number of pyridine rings is 1. The maximum absolute atomic E-state index is 11.9. The minimum atomic E-state index is -0.241. The van der Waals surface area contributed by atoms with Gasteiger partial charge in [0.2, 0.25) is 0 Å². The molecule has 0 saturated heterocycles. The molecule has 0 radical (unpaired) electrons. The number of carbonyl (C=O) groups excluding carboxylic acids is 1. The molecule has 2 aromatic rings. The second-order valence-electron chi connectivity index (χ2n) is 4.28. The van der Waals surface area contributed by atoms with Crippen LogP contribution in [-0.4, -0.2) is 31.2 Å². The van der Waals surface area contributed by atoms with Gasteiger partial charge in [0, 0.05) is 25.5 Å². The van der Waals surface area contributed by atoms with Gasteiger partial charge in [-0.05, 0) is 24.3 Å². The predicted octanol–water partition coefficient (Wildman–Crippen LogP) is 2.85. The van der Waals surface area contributed by atoms with Gasteiger partial charge in [0.05, 0.1) is 17.3 Å². The Morgan fingerprint density at radius 2 is 2.14 bits per heavy atom. The van der Waals surface area contributed by atoms with Crippen LogP contribution >= 0.6 is 11.6 Å². The minimum absolute atomic E-state index is 0.241. The molecule has 0 spiro atoms. The summed E-state index contributed by atoms with van der Waals surface area (Å²) in [5.74, 6) is -0.241. The highest BCUT2D eigenvalue weighted by Crippen LogP contribution is 2.24. The van der Waals surface area contributed by atoms with E-state index in [1.54, 1.807) is 31.5 Å². The topological polar surface area (TPSA) is 63.2 Å². The molecule has 0 bridgehead atoms. The van der Waals surface area contributed by atoms with Crippen molar-refractivity contribution in [1.29, 1.82) is 0 Å². The Labute approximate surface area is 128 Å². The first kappa shape index (κ1) is 15.3. The maximum atomic E-state index is 11.9. The molecule has 0 atom stereocenters. The summed E-state index contributed by atoms with van der Waals surface area (Å²) < 4.78 is 4.88. The van der Waals surface area contributed by atoms with Crippen molar-refractivity contribution in [3.63, 3.8) is 0 Å². The van der Waals surface area contributed by atoms with Gasteiger partial charge in [-0.15, -0.1) is 0 Å². The van der Waals surface area contributed by atoms with Crippen LogP contribution in [0.5, 0.6) is 0 Å². The summed E-state index contributed by atoms with van der Waals surface area (Å²) in [6.45, 7) is 0.905. The van der Waals surface area contributed by atoms with E-state index in [9.17, 15) is 4.79 Å². The zero-order valence-electron chi connectivity index (χ0n) is 11.6. The number of rotatable bonds is 6. The van der Waals surface area contributed by atoms with Gasteiger partial charge in [-0.1, -0.05) is 23.7 Å². The highest BCUT2D eigenvalue weighted by atomic mass is 35.5. The van der Waals surface area contributed by atoms with E-state index in [0.29, 0.717) is 23.9 Å². The van der Waals surface area contributed by atoms with E-state index in [4.69, 9.17) is 16.3 Å². The molecule has 1 amide bonds. The first-order valence-corrected chi connectivity index (χ1v) is 6.83. The number of ether oxygens (including phenoxy) is 1. The molecule has 6 heteroatoms. The molecule has 1 heterocycles. The Hall–Kier alpha value is -2.11. The van der Waals surface area contributed by atoms with Crippen molar-refractivity contribution in [2.24, 2.45) is 0 Å². The smallest absolute Gasteiger partial charge is 0.270 e. The van der Waals surface area contributed by atoms with Gasteiger partial charge >= 0.3 is 0 Å². The number of nitrogens with one attached hydrogen (secondary N) is 2. The molecule has 5 nitrogen and oxygen atoms in total. The molecule has 0 aliphatic heterocycles. The van der Waals surface area contributed by atoms with Crippen LogP contribution < -0.4 is 10.6 Å². The molecule has 21 heavy (non-hydrogen) atoms. The Morgan fingerprint density at radius 3 is 2.90 bits per heavy atom. The third-order valence-electron chi connectivity index (χ3n) is 2.74. The van der Waals surface area contributed by atoms with E-state index in [-0.39, 0.29) is 5.91 Å². The van der Waals surface area contributed by atoms with Gasteiger partial charge < -0.3 is 15.4 Å². The van der Waals surface area contributed by atoms with Crippen molar-refractivity contribution in [2.45, 2.75) is 0 Å². The third kappa shape index (κ3) is 4.44. The lowest BCUT2D eigenvalue weighted by Crippen LogP contribution is -2.27. The van der Waals surface area contributed by atoms with E-state index in [0.717, 1.165) is 11.4 Å². The van der Waals surface area contributed by atoms with E-state index in [2.05, 4.69) is 15.6 Å². The van der Waals surface area contributed by atoms with Gasteiger partial charge in [-0.3, -0.25) is 9.78 Å². The largest absolute Gasteiger partial charge is 0.383 e. The minimum Gasteiger partial charge on any atom is -0.383 e. The van der Waals surface area contributed by atoms with Gasteiger partial charge in [0.1, 0.15) is 5.69 Å². The third-order valence-corrected chi connectivity index (χ3v) is 3.07. The predicted molar refractivity (Wildman–Crippen MR) is 83.2 cm³/mol. The van der Waals surface area contributed by atoms with Crippen molar-refractivity contribution < 1.29 is 9.53 Å². The van der Waals surface area contributed by atoms with Crippen molar-refractivity contribution >= 4 is 28.9 Å². The van der Waals surface area contributed by atoms with Crippen molar-refractivity contribution in [1.82, 2.24) is 10.3 Å². The molecule has 110 valence electrons. The Morgan fingerprint density at radius 1 is 1.33 bits per heavy atom. The molecule has 0 aliphatic carbocycles. The van der Waals surface area contributed by atoms with Gasteiger partial charge in [-0.2, -0.15) is 0 Å². The van der Waals surface area contributed by atoms with Crippen molar-refractivity contribution in [3.05, 3.63) is 53.3 Å². The lowest BCUT2D eigenvalue weighted by molar-refractivity contribution is 0.0932. The number of benzene rings is 1. The zero-order valence-corrected chi connectivity index (χ0v) is 12.4. The number of carbonyl (C=O) groups is 1. The van der Waals surface area contributed by atoms with E-state index >= 15 is 0 Å². The molecule has 1 aromatic carbocycles. The normalized spacial score (nSPS) is 10.2. The SMILES string of the molecule is COCCNC(=O)c1cc(Nc2ccccc2Cl)ccn1. The summed E-state index contributed by atoms with van der Waals surface area (Å²) in [6, 6.07) is 10.8. The summed E-state index contributed by atoms with van der Waals surface area (Å²) in [4.78, 5) is 16.0. The molecule has 1 aromatic heterocycles. The van der Waals surface area contributed by atoms with Gasteiger partial charge in [0.15, 0.2) is 0 Å². The number of anilines is 2. The van der Waals surface area contributed by atoms with E-state index < -0.39 is 0 Å². The maximum Gasteiger partial charge on any atom is 0.270 e. The lowest BCUT2D eigenvalue weighted by Gasteiger charge is -2.09. The standard InChI is InChI=1S/C15H16ClN3O2/c1-21-9-8-18-15(20)14-10-11(6-7-17-14)19-13-5-3-2-4-12(13)16/h2-7,10H,8-9H2,1H3,(H,17,19)(H,18,20). The Kier molecular flexibility index (Phi) is 5.54. The van der Waals surface area contributed by atoms with Crippen molar-refractivity contribution in [2.75, 3.05) is 25.6 Å². The van der Waals surface area contributed by atoms with Crippen LogP contribution in [0.3, 0.4) is 0 Å². The quantitative estimate of drug-likeness (QED) is 0.806. The number of para-hydroxylation sites is 1. The highest BCUT2D eigenvalue weighted by molar-refractivity contribution is 6.33. The molecule has 0 fully saturated rings. The zero-order chi connectivity index (χ0) is 15.1. The molecule has 0 saturated carbocycles. The molecule has 2 rings (SSSR count). The van der Waals surface area contributed by atoms with Crippen LogP contribution in [0.25, 0.3) is 0 Å². The fourth-order valence-corrected chi connectivity index (χ4v) is 1.89. The van der Waals surface area contributed by atoms with Crippen LogP contribution in [0, 0.1) is 0 Å². The van der Waals surface area contributed by atoms with Gasteiger partial charge in [-0.25, -0.2) is 0 Å². The number of methoxy groups -OCH3 is 1. The second kappa shape index (κ2) is 7.61. The molecule has 0 aliphatic rings. The summed E-state index contributed by atoms with van der Waals surface area (Å²) in [6.07, 6.45) is 1.57. The van der Waals surface area contributed by atoms with Crippen LogP contribution in [0.15, 0.2) is 42.6 Å². The van der Waals surface area contributed by atoms with Crippen molar-refractivity contribution in [3.8, 4) is 0 Å². The number of halogens is 1. The van der Waals surface area contributed by atoms with E-state index in [1.807, 2.05) is 18.2 Å². The van der Waals surface area contributed by atoms with Crippen LogP contribution in [0.4, 0.5) is 11.4 Å². The number of amides is 1. The first-order valence-electron chi connectivity index (χ1n) is 6.45. The number of hydrogen-bond acceptors (Lipinski definition) is 4. The fraction of sp³-hybridized carbons (Fsp3) is 0.200. The molecule has 2 N–H and O–H groups in total. The highest BCUT2D eigenvalue weighted by Gasteiger charge is 2.08. The first-order chi connectivity index (χ1) is 10.2. The Bertz CT molecular complexity index is 619. The lowest BCUT2D eigenvalue weighted by atomic mass is 10.2. The van der Waals surface area contributed by atoms with Crippen LogP contribution in [0.1, 0.15) is 10.5 Å². The Balaban J connectivity index is 2.07. The summed E-state index contributed by atoms with van der Waals surface area (Å²) in [7, 11) is 1.58. The van der Waals surface area contributed by atoms with Gasteiger partial charge in [0.25, 0.3) is 5.91 Å². The molecular weight excluding hydrogens is 290 g/mol. The molecular formula is C15H16ClN3O2. The summed E-state index contributed by atoms with van der Waals surface area (Å²) >= 11 is 6.09. The average molecular weight is 306 g/mol. The molecule has 0 unspecified atom stereocenters. The number of nitrogens with zero attached hydrogens (tertiary/aromatic N) is 1. The van der Waals surface area contributed by atoms with Crippen LogP contribution in [0.2, 0.25) is 5.02 Å². The average Bonchev–Trinajstić information content (AvgIpc) is 2.50. The fourth-order valence-electron chi connectivity index (χ4n) is 1.71. The van der Waals surface area contributed by atoms with E-state index in [1.165, 1.54) is 0 Å².